The highest BCUT2D eigenvalue weighted by molar-refractivity contribution is 5.95. The van der Waals surface area contributed by atoms with Crippen LogP contribution in [0.2, 0.25) is 0 Å². The lowest BCUT2D eigenvalue weighted by Gasteiger charge is -2.42. The Morgan fingerprint density at radius 1 is 0.891 bits per heavy atom. The summed E-state index contributed by atoms with van der Waals surface area (Å²) in [4.78, 5) is 46.5. The SMILES string of the molecule is C=C([C@@H](c1ccccc1)N(C)C)N1CCCC[C@H]1C(=O)Nc1cccc(-c2ncc(-c3ccc4nc([C@@H]5CCCN5C(=O)Cc5ccccc5)[nH]c4c3)o2)c1. The van der Waals surface area contributed by atoms with Crippen LogP contribution in [0, 0.1) is 0 Å². The van der Waals surface area contributed by atoms with E-state index < -0.39 is 0 Å². The first-order chi connectivity index (χ1) is 26.8. The molecule has 2 amide bonds. The number of imidazole rings is 1. The molecule has 55 heavy (non-hydrogen) atoms. The zero-order valence-corrected chi connectivity index (χ0v) is 31.4. The number of amides is 2. The molecule has 0 aliphatic carbocycles. The van der Waals surface area contributed by atoms with Gasteiger partial charge in [-0.3, -0.25) is 14.5 Å². The molecule has 8 rings (SSSR count). The molecule has 2 N–H and O–H groups in total. The molecule has 2 aliphatic heterocycles. The van der Waals surface area contributed by atoms with Crippen LogP contribution in [0.5, 0.6) is 0 Å². The number of piperidine rings is 1. The van der Waals surface area contributed by atoms with Gasteiger partial charge < -0.3 is 24.5 Å². The molecule has 4 heterocycles. The lowest BCUT2D eigenvalue weighted by atomic mass is 9.96. The van der Waals surface area contributed by atoms with E-state index in [-0.39, 0.29) is 29.9 Å². The number of nitrogens with zero attached hydrogens (tertiary/aromatic N) is 5. The fourth-order valence-electron chi connectivity index (χ4n) is 8.19. The fraction of sp³-hybridized carbons (Fsp3) is 0.289. The van der Waals surface area contributed by atoms with Crippen molar-refractivity contribution in [2.45, 2.75) is 56.7 Å². The molecular formula is C45H47N7O3. The molecule has 6 aromatic rings. The van der Waals surface area contributed by atoms with Crippen molar-refractivity contribution in [3.05, 3.63) is 139 Å². The van der Waals surface area contributed by atoms with E-state index in [0.717, 1.165) is 90.0 Å². The van der Waals surface area contributed by atoms with Gasteiger partial charge in [0.15, 0.2) is 5.76 Å². The topological polar surface area (TPSA) is 111 Å². The molecule has 2 fully saturated rings. The number of carbonyl (C=O) groups is 2. The van der Waals surface area contributed by atoms with Crippen molar-refractivity contribution < 1.29 is 14.0 Å². The van der Waals surface area contributed by atoms with Crippen LogP contribution < -0.4 is 5.32 Å². The van der Waals surface area contributed by atoms with Gasteiger partial charge in [-0.25, -0.2) is 9.97 Å². The van der Waals surface area contributed by atoms with Gasteiger partial charge >= 0.3 is 0 Å². The first-order valence-electron chi connectivity index (χ1n) is 19.2. The molecule has 3 atom stereocenters. The number of likely N-dealkylation sites (tertiary alicyclic amines) is 2. The molecule has 2 saturated heterocycles. The van der Waals surface area contributed by atoms with Crippen molar-refractivity contribution in [3.63, 3.8) is 0 Å². The van der Waals surface area contributed by atoms with E-state index in [4.69, 9.17) is 9.40 Å². The van der Waals surface area contributed by atoms with Crippen molar-refractivity contribution in [1.29, 1.82) is 0 Å². The molecule has 0 bridgehead atoms. The molecule has 0 radical (unpaired) electrons. The van der Waals surface area contributed by atoms with E-state index in [1.807, 2.05) is 95.9 Å². The number of likely N-dealkylation sites (N-methyl/N-ethyl adjacent to an activating group) is 1. The Bertz CT molecular complexity index is 2300. The van der Waals surface area contributed by atoms with Crippen LogP contribution in [-0.2, 0) is 16.0 Å². The number of fused-ring (bicyclic) bond motifs is 1. The summed E-state index contributed by atoms with van der Waals surface area (Å²) in [5, 5.41) is 3.18. The predicted octanol–water partition coefficient (Wildman–Crippen LogP) is 8.40. The van der Waals surface area contributed by atoms with Gasteiger partial charge in [0.05, 0.1) is 35.7 Å². The summed E-state index contributed by atoms with van der Waals surface area (Å²) < 4.78 is 6.30. The highest BCUT2D eigenvalue weighted by Crippen LogP contribution is 2.35. The number of benzene rings is 4. The van der Waals surface area contributed by atoms with Gasteiger partial charge in [-0.1, -0.05) is 73.3 Å². The largest absolute Gasteiger partial charge is 0.436 e. The molecule has 2 aliphatic rings. The monoisotopic (exact) mass is 733 g/mol. The van der Waals surface area contributed by atoms with Crippen molar-refractivity contribution in [2.75, 3.05) is 32.5 Å². The summed E-state index contributed by atoms with van der Waals surface area (Å²) in [5.74, 6) is 1.95. The van der Waals surface area contributed by atoms with Crippen LogP contribution in [0.15, 0.2) is 126 Å². The van der Waals surface area contributed by atoms with Gasteiger partial charge in [0, 0.05) is 35.6 Å². The Kier molecular flexibility index (Phi) is 10.3. The van der Waals surface area contributed by atoms with Gasteiger partial charge in [0.25, 0.3) is 0 Å². The number of anilines is 1. The highest BCUT2D eigenvalue weighted by atomic mass is 16.4. The Labute approximate surface area is 321 Å². The number of hydrogen-bond donors (Lipinski definition) is 2. The van der Waals surface area contributed by atoms with Gasteiger partial charge in [0.2, 0.25) is 17.7 Å². The number of aromatic amines is 1. The second kappa shape index (κ2) is 15.8. The Morgan fingerprint density at radius 2 is 1.67 bits per heavy atom. The molecule has 10 nitrogen and oxygen atoms in total. The molecule has 4 aromatic carbocycles. The molecular weight excluding hydrogens is 687 g/mol. The molecule has 10 heteroatoms. The standard InChI is InChI=1S/C45H47N7O3/c1-30(42(50(2)3)32-16-8-5-9-17-32)51-24-11-10-20-39(51)44(54)47-35-19-12-18-34(27-35)45-46-29-40(55-45)33-22-23-36-37(28-33)49-43(48-36)38-21-13-25-52(38)41(53)26-31-14-6-4-7-15-31/h4-9,12,14-19,22-23,27-29,38-39,42H,1,10-11,13,20-21,24-26H2,2-3H3,(H,47,54)(H,48,49)/t38-,39-,42-/m0/s1. The second-order valence-corrected chi connectivity index (χ2v) is 14.8. The predicted molar refractivity (Wildman–Crippen MR) is 216 cm³/mol. The van der Waals surface area contributed by atoms with Gasteiger partial charge in [-0.05, 0) is 93.7 Å². The van der Waals surface area contributed by atoms with Crippen LogP contribution in [0.3, 0.4) is 0 Å². The van der Waals surface area contributed by atoms with Crippen LogP contribution in [0.25, 0.3) is 33.8 Å². The third-order valence-electron chi connectivity index (χ3n) is 10.9. The van der Waals surface area contributed by atoms with Crippen molar-refractivity contribution in [3.8, 4) is 22.8 Å². The lowest BCUT2D eigenvalue weighted by molar-refractivity contribution is -0.131. The van der Waals surface area contributed by atoms with E-state index >= 15 is 0 Å². The maximum atomic E-state index is 13.9. The van der Waals surface area contributed by atoms with Crippen LogP contribution in [-0.4, -0.2) is 74.7 Å². The average molecular weight is 734 g/mol. The molecule has 280 valence electrons. The van der Waals surface area contributed by atoms with Gasteiger partial charge in [0.1, 0.15) is 11.9 Å². The maximum Gasteiger partial charge on any atom is 0.247 e. The van der Waals surface area contributed by atoms with Crippen LogP contribution in [0.4, 0.5) is 5.69 Å². The summed E-state index contributed by atoms with van der Waals surface area (Å²) in [6, 6.07) is 33.3. The maximum absolute atomic E-state index is 13.9. The van der Waals surface area contributed by atoms with Gasteiger partial charge in [-0.15, -0.1) is 0 Å². The molecule has 0 spiro atoms. The first-order valence-corrected chi connectivity index (χ1v) is 19.2. The number of nitrogens with one attached hydrogen (secondary N) is 2. The molecule has 2 aromatic heterocycles. The summed E-state index contributed by atoms with van der Waals surface area (Å²) >= 11 is 0. The van der Waals surface area contributed by atoms with E-state index in [1.54, 1.807) is 6.20 Å². The Morgan fingerprint density at radius 3 is 2.47 bits per heavy atom. The number of oxazole rings is 1. The van der Waals surface area contributed by atoms with Crippen molar-refractivity contribution in [1.82, 2.24) is 29.7 Å². The van der Waals surface area contributed by atoms with Crippen molar-refractivity contribution in [2.24, 2.45) is 0 Å². The summed E-state index contributed by atoms with van der Waals surface area (Å²) in [5.41, 5.74) is 7.10. The Balaban J connectivity index is 0.957. The fourth-order valence-corrected chi connectivity index (χ4v) is 8.19. The summed E-state index contributed by atoms with van der Waals surface area (Å²) in [6.07, 6.45) is 6.68. The van der Waals surface area contributed by atoms with Gasteiger partial charge in [-0.2, -0.15) is 0 Å². The zero-order valence-electron chi connectivity index (χ0n) is 31.4. The van der Waals surface area contributed by atoms with E-state index in [9.17, 15) is 9.59 Å². The van der Waals surface area contributed by atoms with E-state index in [0.29, 0.717) is 23.8 Å². The number of rotatable bonds is 11. The Hall–Kier alpha value is -6.00. The summed E-state index contributed by atoms with van der Waals surface area (Å²) in [6.45, 7) is 6.03. The van der Waals surface area contributed by atoms with Crippen LogP contribution in [0.1, 0.15) is 61.1 Å². The summed E-state index contributed by atoms with van der Waals surface area (Å²) in [7, 11) is 4.10. The smallest absolute Gasteiger partial charge is 0.247 e. The van der Waals surface area contributed by atoms with Crippen LogP contribution >= 0.6 is 0 Å². The molecule has 0 saturated carbocycles. The highest BCUT2D eigenvalue weighted by Gasteiger charge is 2.34. The zero-order chi connectivity index (χ0) is 37.9. The first kappa shape index (κ1) is 36.0. The lowest BCUT2D eigenvalue weighted by Crippen LogP contribution is -2.48. The minimum absolute atomic E-state index is 0.0355. The van der Waals surface area contributed by atoms with E-state index in [2.05, 4.69) is 57.9 Å². The second-order valence-electron chi connectivity index (χ2n) is 14.8. The van der Waals surface area contributed by atoms with Crippen molar-refractivity contribution >= 4 is 28.5 Å². The third-order valence-corrected chi connectivity index (χ3v) is 10.9. The minimum atomic E-state index is -0.325. The number of carbonyl (C=O) groups excluding carboxylic acids is 2. The number of H-pyrrole nitrogens is 1. The number of aromatic nitrogens is 3. The quantitative estimate of drug-likeness (QED) is 0.138. The molecule has 0 unspecified atom stereocenters. The third kappa shape index (κ3) is 7.68. The average Bonchev–Trinajstić information content (AvgIpc) is 3.99. The normalized spacial score (nSPS) is 17.8. The minimum Gasteiger partial charge on any atom is -0.436 e. The van der Waals surface area contributed by atoms with E-state index in [1.165, 1.54) is 0 Å². The number of hydrogen-bond acceptors (Lipinski definition) is 7.